The van der Waals surface area contributed by atoms with Crippen LogP contribution in [0.25, 0.3) is 0 Å². The largest absolute Gasteiger partial charge is 0.493 e. The summed E-state index contributed by atoms with van der Waals surface area (Å²) in [5, 5.41) is 3.54. The van der Waals surface area contributed by atoms with Gasteiger partial charge in [0.05, 0.1) is 17.8 Å². The van der Waals surface area contributed by atoms with E-state index in [1.54, 1.807) is 11.3 Å². The van der Waals surface area contributed by atoms with E-state index < -0.39 is 0 Å². The summed E-state index contributed by atoms with van der Waals surface area (Å²) in [4.78, 5) is 5.59. The van der Waals surface area contributed by atoms with E-state index in [-0.39, 0.29) is 0 Å². The first-order chi connectivity index (χ1) is 10.3. The summed E-state index contributed by atoms with van der Waals surface area (Å²) in [6.45, 7) is 5.97. The molecule has 1 unspecified atom stereocenters. The van der Waals surface area contributed by atoms with Gasteiger partial charge in [-0.3, -0.25) is 0 Å². The Morgan fingerprint density at radius 2 is 2.33 bits per heavy atom. The predicted molar refractivity (Wildman–Crippen MR) is 87.2 cm³/mol. The van der Waals surface area contributed by atoms with Crippen molar-refractivity contribution in [2.45, 2.75) is 39.2 Å². The van der Waals surface area contributed by atoms with E-state index in [1.807, 2.05) is 5.51 Å². The second-order valence-corrected chi connectivity index (χ2v) is 6.41. The first-order valence-corrected chi connectivity index (χ1v) is 8.54. The zero-order chi connectivity index (χ0) is 14.7. The Bertz CT molecular complexity index is 609. The lowest BCUT2D eigenvalue weighted by atomic mass is 10.1. The van der Waals surface area contributed by atoms with Crippen LogP contribution in [0.5, 0.6) is 5.75 Å². The van der Waals surface area contributed by atoms with Crippen molar-refractivity contribution in [2.24, 2.45) is 0 Å². The van der Waals surface area contributed by atoms with E-state index in [9.17, 15) is 0 Å². The Kier molecular flexibility index (Phi) is 4.56. The van der Waals surface area contributed by atoms with Crippen LogP contribution in [-0.2, 0) is 12.8 Å². The highest BCUT2D eigenvalue weighted by Crippen LogP contribution is 2.33. The molecule has 21 heavy (non-hydrogen) atoms. The molecule has 0 saturated heterocycles. The lowest BCUT2D eigenvalue weighted by Gasteiger charge is -2.13. The van der Waals surface area contributed by atoms with Crippen LogP contribution in [0, 0.1) is 6.92 Å². The van der Waals surface area contributed by atoms with Crippen LogP contribution in [0.3, 0.4) is 0 Å². The molecule has 0 radical (unpaired) electrons. The molecule has 0 fully saturated rings. The minimum absolute atomic E-state index is 0.527. The van der Waals surface area contributed by atoms with Crippen LogP contribution in [0.1, 0.15) is 41.1 Å². The van der Waals surface area contributed by atoms with Crippen molar-refractivity contribution in [1.82, 2.24) is 10.3 Å². The van der Waals surface area contributed by atoms with E-state index in [0.29, 0.717) is 6.04 Å². The highest BCUT2D eigenvalue weighted by molar-refractivity contribution is 7.09. The molecule has 0 amide bonds. The zero-order valence-electron chi connectivity index (χ0n) is 12.7. The van der Waals surface area contributed by atoms with Gasteiger partial charge in [0.2, 0.25) is 0 Å². The van der Waals surface area contributed by atoms with Crippen LogP contribution in [0.2, 0.25) is 0 Å². The highest BCUT2D eigenvalue weighted by Gasteiger charge is 2.21. The molecule has 3 nitrogen and oxygen atoms in total. The number of aromatic nitrogens is 1. The number of fused-ring (bicyclic) bond motifs is 1. The molecular weight excluding hydrogens is 280 g/mol. The van der Waals surface area contributed by atoms with E-state index in [0.717, 1.165) is 37.4 Å². The average molecular weight is 302 g/mol. The normalized spacial score (nSPS) is 17.0. The molecule has 0 spiro atoms. The molecule has 1 N–H and O–H groups in total. The number of nitrogens with one attached hydrogen (secondary N) is 1. The summed E-state index contributed by atoms with van der Waals surface area (Å²) < 4.78 is 5.91. The maximum Gasteiger partial charge on any atom is 0.119 e. The van der Waals surface area contributed by atoms with E-state index >= 15 is 0 Å². The van der Waals surface area contributed by atoms with Gasteiger partial charge in [0.15, 0.2) is 0 Å². The van der Waals surface area contributed by atoms with Gasteiger partial charge in [0, 0.05) is 17.3 Å². The summed E-state index contributed by atoms with van der Waals surface area (Å²) in [6, 6.07) is 7.07. The number of ether oxygens (including phenoxy) is 1. The molecule has 4 heteroatoms. The average Bonchev–Trinajstić information content (AvgIpc) is 3.07. The minimum Gasteiger partial charge on any atom is -0.493 e. The van der Waals surface area contributed by atoms with Crippen molar-refractivity contribution >= 4 is 11.3 Å². The van der Waals surface area contributed by atoms with Gasteiger partial charge in [-0.25, -0.2) is 4.98 Å². The smallest absolute Gasteiger partial charge is 0.119 e. The Morgan fingerprint density at radius 1 is 1.43 bits per heavy atom. The molecule has 3 rings (SSSR count). The summed E-state index contributed by atoms with van der Waals surface area (Å²) in [7, 11) is 0. The Hall–Kier alpha value is -1.39. The third kappa shape index (κ3) is 3.27. The van der Waals surface area contributed by atoms with Crippen LogP contribution < -0.4 is 10.1 Å². The fourth-order valence-electron chi connectivity index (χ4n) is 2.97. The SMILES string of the molecule is CCNC1CCc2cc(OCCc3scnc3C)ccc21. The molecule has 1 aliphatic carbocycles. The summed E-state index contributed by atoms with van der Waals surface area (Å²) in [5.41, 5.74) is 5.92. The van der Waals surface area contributed by atoms with Crippen molar-refractivity contribution in [3.05, 3.63) is 45.4 Å². The van der Waals surface area contributed by atoms with Crippen LogP contribution in [0.15, 0.2) is 23.7 Å². The molecule has 112 valence electrons. The van der Waals surface area contributed by atoms with Gasteiger partial charge >= 0.3 is 0 Å². The van der Waals surface area contributed by atoms with Crippen molar-refractivity contribution < 1.29 is 4.74 Å². The summed E-state index contributed by atoms with van der Waals surface area (Å²) in [6.07, 6.45) is 3.29. The quantitative estimate of drug-likeness (QED) is 0.884. The van der Waals surface area contributed by atoms with Crippen molar-refractivity contribution in [1.29, 1.82) is 0 Å². The molecule has 0 saturated carbocycles. The van der Waals surface area contributed by atoms with Gasteiger partial charge in [-0.1, -0.05) is 13.0 Å². The molecule has 2 aromatic rings. The van der Waals surface area contributed by atoms with Gasteiger partial charge in [0.1, 0.15) is 5.75 Å². The van der Waals surface area contributed by atoms with Gasteiger partial charge in [-0.15, -0.1) is 11.3 Å². The van der Waals surface area contributed by atoms with E-state index in [1.165, 1.54) is 22.4 Å². The number of hydrogen-bond donors (Lipinski definition) is 1. The molecule has 1 aliphatic rings. The summed E-state index contributed by atoms with van der Waals surface area (Å²) >= 11 is 1.71. The number of thiazole rings is 1. The molecule has 1 heterocycles. The van der Waals surface area contributed by atoms with Gasteiger partial charge in [-0.05, 0) is 49.6 Å². The highest BCUT2D eigenvalue weighted by atomic mass is 32.1. The first-order valence-electron chi connectivity index (χ1n) is 7.66. The number of nitrogens with zero attached hydrogens (tertiary/aromatic N) is 1. The predicted octanol–water partition coefficient (Wildman–Crippen LogP) is 3.67. The Balaban J connectivity index is 1.59. The van der Waals surface area contributed by atoms with Gasteiger partial charge < -0.3 is 10.1 Å². The fourth-order valence-corrected chi connectivity index (χ4v) is 3.73. The van der Waals surface area contributed by atoms with Crippen molar-refractivity contribution in [2.75, 3.05) is 13.2 Å². The van der Waals surface area contributed by atoms with Crippen LogP contribution in [0.4, 0.5) is 0 Å². The standard InChI is InChI=1S/C17H22N2OS/c1-3-18-16-7-4-13-10-14(5-6-15(13)16)20-9-8-17-12(2)19-11-21-17/h5-6,10-11,16,18H,3-4,7-9H2,1-2H3. The fraction of sp³-hybridized carbons (Fsp3) is 0.471. The topological polar surface area (TPSA) is 34.1 Å². The molecule has 0 aliphatic heterocycles. The zero-order valence-corrected chi connectivity index (χ0v) is 13.5. The van der Waals surface area contributed by atoms with Gasteiger partial charge in [-0.2, -0.15) is 0 Å². The number of rotatable bonds is 6. The first kappa shape index (κ1) is 14.5. The lowest BCUT2D eigenvalue weighted by molar-refractivity contribution is 0.322. The number of aryl methyl sites for hydroxylation is 2. The van der Waals surface area contributed by atoms with Gasteiger partial charge in [0.25, 0.3) is 0 Å². The van der Waals surface area contributed by atoms with Crippen molar-refractivity contribution in [3.63, 3.8) is 0 Å². The Labute approximate surface area is 130 Å². The van der Waals surface area contributed by atoms with E-state index in [2.05, 4.69) is 42.3 Å². The Morgan fingerprint density at radius 3 is 3.10 bits per heavy atom. The second kappa shape index (κ2) is 6.58. The monoisotopic (exact) mass is 302 g/mol. The third-order valence-corrected chi connectivity index (χ3v) is 5.08. The van der Waals surface area contributed by atoms with Crippen LogP contribution in [-0.4, -0.2) is 18.1 Å². The molecule has 0 bridgehead atoms. The van der Waals surface area contributed by atoms with Crippen molar-refractivity contribution in [3.8, 4) is 5.75 Å². The van der Waals surface area contributed by atoms with E-state index in [4.69, 9.17) is 4.74 Å². The summed E-state index contributed by atoms with van der Waals surface area (Å²) in [5.74, 6) is 0.994. The second-order valence-electron chi connectivity index (χ2n) is 5.47. The molecule has 1 aromatic heterocycles. The van der Waals surface area contributed by atoms with Crippen LogP contribution >= 0.6 is 11.3 Å². The lowest BCUT2D eigenvalue weighted by Crippen LogP contribution is -2.18. The molecular formula is C17H22N2OS. The third-order valence-electron chi connectivity index (χ3n) is 4.09. The number of benzene rings is 1. The molecule has 1 atom stereocenters. The maximum atomic E-state index is 5.91. The maximum absolute atomic E-state index is 5.91. The number of hydrogen-bond acceptors (Lipinski definition) is 4. The minimum atomic E-state index is 0.527. The molecule has 1 aromatic carbocycles.